The SMILES string of the molecule is C.C.C=C(C)C(=O)O.C=C(C)C(=O)O.OCCO. The second-order valence-corrected chi connectivity index (χ2v) is 2.62. The van der Waals surface area contributed by atoms with Crippen LogP contribution in [0.2, 0.25) is 0 Å². The van der Waals surface area contributed by atoms with Gasteiger partial charge in [0.15, 0.2) is 0 Å². The number of hydrogen-bond acceptors (Lipinski definition) is 4. The molecule has 0 atom stereocenters. The van der Waals surface area contributed by atoms with Crippen LogP contribution in [0.1, 0.15) is 28.7 Å². The first kappa shape index (κ1) is 29.9. The first-order valence-electron chi connectivity index (χ1n) is 4.20. The minimum absolute atomic E-state index is 0. The molecule has 0 heterocycles. The van der Waals surface area contributed by atoms with Crippen molar-refractivity contribution in [1.29, 1.82) is 0 Å². The smallest absolute Gasteiger partial charge is 0.330 e. The highest BCUT2D eigenvalue weighted by atomic mass is 16.4. The highest BCUT2D eigenvalue weighted by Gasteiger charge is 1.90. The monoisotopic (exact) mass is 266 g/mol. The summed E-state index contributed by atoms with van der Waals surface area (Å²) >= 11 is 0. The van der Waals surface area contributed by atoms with Gasteiger partial charge >= 0.3 is 11.9 Å². The summed E-state index contributed by atoms with van der Waals surface area (Å²) in [6, 6.07) is 0. The van der Waals surface area contributed by atoms with Crippen LogP contribution in [0, 0.1) is 0 Å². The molecule has 0 amide bonds. The van der Waals surface area contributed by atoms with Gasteiger partial charge in [-0.15, -0.1) is 0 Å². The summed E-state index contributed by atoms with van der Waals surface area (Å²) in [6.45, 7) is 8.95. The topological polar surface area (TPSA) is 115 Å². The molecule has 0 aromatic carbocycles. The van der Waals surface area contributed by atoms with Crippen LogP contribution in [0.3, 0.4) is 0 Å². The van der Waals surface area contributed by atoms with Crippen LogP contribution in [-0.4, -0.2) is 45.6 Å². The number of aliphatic hydroxyl groups excluding tert-OH is 2. The van der Waals surface area contributed by atoms with Gasteiger partial charge in [0.2, 0.25) is 0 Å². The Kier molecular flexibility index (Phi) is 34.4. The van der Waals surface area contributed by atoms with E-state index in [-0.39, 0.29) is 39.2 Å². The fraction of sp³-hybridized carbons (Fsp3) is 0.500. The zero-order valence-corrected chi connectivity index (χ0v) is 9.43. The van der Waals surface area contributed by atoms with Crippen molar-refractivity contribution in [2.45, 2.75) is 28.7 Å². The Morgan fingerprint density at radius 1 is 0.833 bits per heavy atom. The fourth-order valence-electron chi connectivity index (χ4n) is 0. The Hall–Kier alpha value is -1.66. The van der Waals surface area contributed by atoms with E-state index in [2.05, 4.69) is 13.2 Å². The molecule has 6 heteroatoms. The Morgan fingerprint density at radius 3 is 0.944 bits per heavy atom. The molecular formula is C12H26O6. The molecular weight excluding hydrogens is 240 g/mol. The average Bonchev–Trinajstić information content (AvgIpc) is 2.18. The molecule has 0 bridgehead atoms. The van der Waals surface area contributed by atoms with Gasteiger partial charge in [-0.25, -0.2) is 9.59 Å². The van der Waals surface area contributed by atoms with Crippen LogP contribution in [-0.2, 0) is 9.59 Å². The highest BCUT2D eigenvalue weighted by molar-refractivity contribution is 5.85. The number of hydrogen-bond donors (Lipinski definition) is 4. The van der Waals surface area contributed by atoms with Crippen LogP contribution >= 0.6 is 0 Å². The maximum atomic E-state index is 9.60. The summed E-state index contributed by atoms with van der Waals surface area (Å²) in [6.07, 6.45) is 0. The molecule has 4 N–H and O–H groups in total. The first-order valence-corrected chi connectivity index (χ1v) is 4.20. The van der Waals surface area contributed by atoms with E-state index in [1.54, 1.807) is 0 Å². The lowest BCUT2D eigenvalue weighted by Gasteiger charge is -1.79. The molecule has 0 radical (unpaired) electrons. The molecule has 110 valence electrons. The molecule has 0 rings (SSSR count). The number of aliphatic carboxylic acids is 2. The van der Waals surface area contributed by atoms with E-state index in [1.165, 1.54) is 13.8 Å². The summed E-state index contributed by atoms with van der Waals surface area (Å²) in [4.78, 5) is 19.2. The summed E-state index contributed by atoms with van der Waals surface area (Å²) in [7, 11) is 0. The van der Waals surface area contributed by atoms with Gasteiger partial charge < -0.3 is 20.4 Å². The van der Waals surface area contributed by atoms with Gasteiger partial charge in [0.05, 0.1) is 13.2 Å². The van der Waals surface area contributed by atoms with Crippen LogP contribution in [0.5, 0.6) is 0 Å². The lowest BCUT2D eigenvalue weighted by Crippen LogP contribution is -1.92. The largest absolute Gasteiger partial charge is 0.478 e. The van der Waals surface area contributed by atoms with E-state index in [0.717, 1.165) is 0 Å². The molecule has 0 saturated carbocycles. The molecule has 0 aliphatic rings. The Bertz CT molecular complexity index is 195. The molecule has 0 saturated heterocycles. The fourth-order valence-corrected chi connectivity index (χ4v) is 0. The Labute approximate surface area is 109 Å². The maximum Gasteiger partial charge on any atom is 0.330 e. The third kappa shape index (κ3) is 47.4. The van der Waals surface area contributed by atoms with E-state index in [4.69, 9.17) is 20.4 Å². The van der Waals surface area contributed by atoms with Gasteiger partial charge in [0.1, 0.15) is 0 Å². The lowest BCUT2D eigenvalue weighted by atomic mass is 10.4. The van der Waals surface area contributed by atoms with E-state index >= 15 is 0 Å². The van der Waals surface area contributed by atoms with Crippen LogP contribution in [0.15, 0.2) is 24.3 Å². The summed E-state index contributed by atoms with van der Waals surface area (Å²) in [5.41, 5.74) is 0.352. The molecule has 0 aliphatic heterocycles. The molecule has 6 nitrogen and oxygen atoms in total. The summed E-state index contributed by atoms with van der Waals surface area (Å²) in [5.74, 6) is -1.87. The molecule has 0 aromatic heterocycles. The minimum Gasteiger partial charge on any atom is -0.478 e. The third-order valence-electron chi connectivity index (χ3n) is 0.830. The molecule has 0 fully saturated rings. The zero-order chi connectivity index (χ0) is 13.7. The predicted molar refractivity (Wildman–Crippen MR) is 72.5 cm³/mol. The predicted octanol–water partition coefficient (Wildman–Crippen LogP) is 1.54. The molecule has 0 spiro atoms. The normalized spacial score (nSPS) is 6.67. The van der Waals surface area contributed by atoms with Gasteiger partial charge in [-0.1, -0.05) is 28.0 Å². The van der Waals surface area contributed by atoms with E-state index in [9.17, 15) is 9.59 Å². The van der Waals surface area contributed by atoms with Crippen molar-refractivity contribution in [1.82, 2.24) is 0 Å². The Morgan fingerprint density at radius 2 is 0.944 bits per heavy atom. The number of carboxylic acids is 2. The second-order valence-electron chi connectivity index (χ2n) is 2.62. The van der Waals surface area contributed by atoms with Crippen molar-refractivity contribution in [2.24, 2.45) is 0 Å². The molecule has 0 unspecified atom stereocenters. The highest BCUT2D eigenvalue weighted by Crippen LogP contribution is 1.81. The van der Waals surface area contributed by atoms with Gasteiger partial charge in [0.25, 0.3) is 0 Å². The van der Waals surface area contributed by atoms with Crippen LogP contribution in [0.25, 0.3) is 0 Å². The van der Waals surface area contributed by atoms with Crippen molar-refractivity contribution in [2.75, 3.05) is 13.2 Å². The third-order valence-corrected chi connectivity index (χ3v) is 0.830. The summed E-state index contributed by atoms with van der Waals surface area (Å²) in [5, 5.41) is 31.0. The average molecular weight is 266 g/mol. The standard InChI is InChI=1S/2C4H6O2.C2H6O2.2CH4/c2*1-3(2)4(5)6;3-1-2-4;;/h2*1H2,2H3,(H,5,6);3-4H,1-2H2;2*1H4. The van der Waals surface area contributed by atoms with E-state index in [1.807, 2.05) is 0 Å². The van der Waals surface area contributed by atoms with Crippen molar-refractivity contribution in [3.8, 4) is 0 Å². The molecule has 18 heavy (non-hydrogen) atoms. The summed E-state index contributed by atoms with van der Waals surface area (Å²) < 4.78 is 0. The lowest BCUT2D eigenvalue weighted by molar-refractivity contribution is -0.133. The van der Waals surface area contributed by atoms with E-state index in [0.29, 0.717) is 0 Å². The van der Waals surface area contributed by atoms with Gasteiger partial charge in [-0.05, 0) is 13.8 Å². The Balaban J connectivity index is -0.0000000454. The van der Waals surface area contributed by atoms with Crippen LogP contribution in [0.4, 0.5) is 0 Å². The number of rotatable bonds is 3. The van der Waals surface area contributed by atoms with E-state index < -0.39 is 11.9 Å². The second kappa shape index (κ2) is 20.7. The molecule has 0 aromatic rings. The zero-order valence-electron chi connectivity index (χ0n) is 9.43. The van der Waals surface area contributed by atoms with Crippen molar-refractivity contribution in [3.05, 3.63) is 24.3 Å². The van der Waals surface area contributed by atoms with Gasteiger partial charge in [-0.2, -0.15) is 0 Å². The van der Waals surface area contributed by atoms with Crippen LogP contribution < -0.4 is 0 Å². The van der Waals surface area contributed by atoms with Crippen molar-refractivity contribution in [3.63, 3.8) is 0 Å². The minimum atomic E-state index is -0.935. The maximum absolute atomic E-state index is 9.60. The van der Waals surface area contributed by atoms with Gasteiger partial charge in [-0.3, -0.25) is 0 Å². The number of aliphatic hydroxyl groups is 2. The quantitative estimate of drug-likeness (QED) is 0.576. The first-order chi connectivity index (χ1) is 7.20. The number of carbonyl (C=O) groups is 2. The number of carboxylic acid groups (broad SMARTS) is 2. The van der Waals surface area contributed by atoms with Crippen molar-refractivity contribution < 1.29 is 30.0 Å². The van der Waals surface area contributed by atoms with Gasteiger partial charge in [0, 0.05) is 11.1 Å². The van der Waals surface area contributed by atoms with Crippen molar-refractivity contribution >= 4 is 11.9 Å². The molecule has 0 aliphatic carbocycles.